The van der Waals surface area contributed by atoms with Gasteiger partial charge in [0.15, 0.2) is 0 Å². The van der Waals surface area contributed by atoms with Gasteiger partial charge in [-0.25, -0.2) is 0 Å². The molecule has 0 aliphatic carbocycles. The number of thiol groups is 1. The molecule has 8 N–H and O–H groups in total. The van der Waals surface area contributed by atoms with E-state index >= 15 is 0 Å². The van der Waals surface area contributed by atoms with Crippen molar-refractivity contribution in [3.05, 3.63) is 0 Å². The molecule has 0 heterocycles. The number of rotatable bonds is 14. The fraction of sp³-hybridized carbons (Fsp3) is 0.625. The van der Waals surface area contributed by atoms with Crippen molar-refractivity contribution in [3.8, 4) is 0 Å². The first kappa shape index (κ1) is 29.2. The minimum atomic E-state index is -1.24. The highest BCUT2D eigenvalue weighted by Crippen LogP contribution is 2.27. The van der Waals surface area contributed by atoms with E-state index in [1.165, 1.54) is 7.05 Å². The number of carbonyl (C=O) groups is 6. The third-order valence-corrected chi connectivity index (χ3v) is 6.20. The third-order valence-electron chi connectivity index (χ3n) is 3.56. The Morgan fingerprint density at radius 1 is 1.06 bits per heavy atom. The zero-order valence-corrected chi connectivity index (χ0v) is 19.3. The second kappa shape index (κ2) is 15.9. The maximum absolute atomic E-state index is 12.2. The van der Waals surface area contributed by atoms with Gasteiger partial charge >= 0.3 is 5.97 Å². The summed E-state index contributed by atoms with van der Waals surface area (Å²) in [7, 11) is 1.42. The molecular weight excluding hydrogens is 470 g/mol. The average molecular weight is 498 g/mol. The van der Waals surface area contributed by atoms with Gasteiger partial charge in [-0.15, -0.1) is 0 Å². The summed E-state index contributed by atoms with van der Waals surface area (Å²) in [4.78, 5) is 70.0. The molecule has 3 atom stereocenters. The van der Waals surface area contributed by atoms with Crippen LogP contribution in [-0.4, -0.2) is 81.6 Å². The van der Waals surface area contributed by atoms with Gasteiger partial charge in [0, 0.05) is 25.6 Å². The van der Waals surface area contributed by atoms with Crippen molar-refractivity contribution in [1.29, 1.82) is 0 Å². The van der Waals surface area contributed by atoms with Crippen LogP contribution in [0.1, 0.15) is 19.3 Å². The number of hydrogen-bond acceptors (Lipinski definition) is 11. The van der Waals surface area contributed by atoms with E-state index in [0.29, 0.717) is 0 Å². The molecule has 0 spiro atoms. The fourth-order valence-corrected chi connectivity index (χ4v) is 4.30. The summed E-state index contributed by atoms with van der Waals surface area (Å²) >= 11 is 5.47. The number of hydrogen-bond donors (Lipinski definition) is 7. The van der Waals surface area contributed by atoms with Gasteiger partial charge < -0.3 is 32.5 Å². The predicted octanol–water partition coefficient (Wildman–Crippen LogP) is -2.35. The molecule has 0 aromatic rings. The van der Waals surface area contributed by atoms with Gasteiger partial charge in [-0.2, -0.15) is 12.6 Å². The highest BCUT2D eigenvalue weighted by atomic mass is 32.2. The molecule has 0 saturated heterocycles. The third kappa shape index (κ3) is 13.3. The van der Waals surface area contributed by atoms with Crippen molar-refractivity contribution >= 4 is 70.1 Å². The Hall–Kier alpha value is -1.81. The van der Waals surface area contributed by atoms with Gasteiger partial charge in [-0.05, 0) is 6.42 Å². The van der Waals surface area contributed by atoms with Crippen LogP contribution in [0.4, 0.5) is 0 Å². The summed E-state index contributed by atoms with van der Waals surface area (Å²) in [5, 5.41) is 14.9. The number of nitrogens with one attached hydrogen (secondary N) is 3. The number of carboxylic acid groups (broad SMARTS) is 1. The van der Waals surface area contributed by atoms with E-state index in [4.69, 9.17) is 16.6 Å². The lowest BCUT2D eigenvalue weighted by Crippen LogP contribution is -2.49. The number of carboxylic acids is 1. The van der Waals surface area contributed by atoms with Gasteiger partial charge in [0.25, 0.3) is 0 Å². The van der Waals surface area contributed by atoms with Gasteiger partial charge in [-0.3, -0.25) is 28.8 Å². The first-order valence-corrected chi connectivity index (χ1v) is 11.4. The van der Waals surface area contributed by atoms with Crippen LogP contribution in [-0.2, 0) is 28.8 Å². The zero-order chi connectivity index (χ0) is 24.0. The van der Waals surface area contributed by atoms with Crippen molar-refractivity contribution in [3.63, 3.8) is 0 Å². The van der Waals surface area contributed by atoms with Crippen LogP contribution >= 0.6 is 36.2 Å². The molecule has 3 amide bonds. The number of amides is 3. The lowest BCUT2D eigenvalue weighted by atomic mass is 10.1. The molecule has 0 aromatic carbocycles. The predicted molar refractivity (Wildman–Crippen MR) is 120 cm³/mol. The standard InChI is InChI=1S/C16H27N5O7S3/c1-19-11(23)4-14(30-12(24)5-17)31-13(25)6-20-15(26)9(7-29)21-10(22)3-2-8(18)16(27)28/h8-9,14,29H,2-7,17-18H2,1H3,(H,19,23)(H,20,26)(H,21,22)(H,27,28)/t8-,9-,14+/m0/s1. The van der Waals surface area contributed by atoms with Crippen LogP contribution in [0.25, 0.3) is 0 Å². The van der Waals surface area contributed by atoms with E-state index in [2.05, 4.69) is 28.6 Å². The molecule has 12 nitrogen and oxygen atoms in total. The number of nitrogens with two attached hydrogens (primary N) is 2. The molecule has 0 aliphatic heterocycles. The lowest BCUT2D eigenvalue weighted by molar-refractivity contribution is -0.139. The van der Waals surface area contributed by atoms with E-state index in [9.17, 15) is 28.8 Å². The van der Waals surface area contributed by atoms with Crippen LogP contribution in [0.15, 0.2) is 0 Å². The first-order chi connectivity index (χ1) is 14.5. The van der Waals surface area contributed by atoms with Crippen molar-refractivity contribution in [1.82, 2.24) is 16.0 Å². The Balaban J connectivity index is 4.64. The van der Waals surface area contributed by atoms with Gasteiger partial charge in [0.05, 0.1) is 17.7 Å². The van der Waals surface area contributed by atoms with Crippen molar-refractivity contribution in [2.24, 2.45) is 11.5 Å². The van der Waals surface area contributed by atoms with E-state index in [1.54, 1.807) is 0 Å². The Morgan fingerprint density at radius 3 is 2.19 bits per heavy atom. The van der Waals surface area contributed by atoms with E-state index in [1.807, 2.05) is 0 Å². The van der Waals surface area contributed by atoms with Crippen LogP contribution in [0.2, 0.25) is 0 Å². The van der Waals surface area contributed by atoms with Crippen LogP contribution in [0, 0.1) is 0 Å². The quantitative estimate of drug-likeness (QED) is 0.0997. The Labute approximate surface area is 193 Å². The molecule has 0 bridgehead atoms. The van der Waals surface area contributed by atoms with Gasteiger partial charge in [0.1, 0.15) is 12.1 Å². The van der Waals surface area contributed by atoms with Crippen LogP contribution in [0.5, 0.6) is 0 Å². The molecule has 0 radical (unpaired) electrons. The second-order valence-electron chi connectivity index (χ2n) is 5.99. The first-order valence-electron chi connectivity index (χ1n) is 8.99. The minimum absolute atomic E-state index is 0.0654. The summed E-state index contributed by atoms with van der Waals surface area (Å²) < 4.78 is -0.709. The smallest absolute Gasteiger partial charge is 0.320 e. The molecule has 0 aliphatic rings. The van der Waals surface area contributed by atoms with Gasteiger partial charge in [-0.1, -0.05) is 23.5 Å². The number of carbonyl (C=O) groups excluding carboxylic acids is 5. The topological polar surface area (TPSA) is 211 Å². The monoisotopic (exact) mass is 497 g/mol. The second-order valence-corrected chi connectivity index (χ2v) is 9.18. The van der Waals surface area contributed by atoms with Crippen LogP contribution < -0.4 is 27.4 Å². The summed E-state index contributed by atoms with van der Waals surface area (Å²) in [5.41, 5.74) is 10.6. The number of aliphatic carboxylic acids is 1. The molecule has 0 rings (SSSR count). The summed E-state index contributed by atoms with van der Waals surface area (Å²) in [6.45, 7) is -0.657. The summed E-state index contributed by atoms with van der Waals surface area (Å²) in [5.74, 6) is -2.94. The lowest BCUT2D eigenvalue weighted by Gasteiger charge is -2.17. The fourth-order valence-electron chi connectivity index (χ4n) is 1.90. The van der Waals surface area contributed by atoms with Crippen molar-refractivity contribution < 1.29 is 33.9 Å². The molecule has 0 fully saturated rings. The minimum Gasteiger partial charge on any atom is -0.480 e. The summed E-state index contributed by atoms with van der Waals surface area (Å²) in [6.07, 6.45) is -0.415. The van der Waals surface area contributed by atoms with Gasteiger partial charge in [0.2, 0.25) is 28.0 Å². The molecular formula is C16H27N5O7S3. The average Bonchev–Trinajstić information content (AvgIpc) is 2.73. The maximum atomic E-state index is 12.2. The number of thioether (sulfide) groups is 2. The van der Waals surface area contributed by atoms with Crippen LogP contribution in [0.3, 0.4) is 0 Å². The highest BCUT2D eigenvalue weighted by Gasteiger charge is 2.24. The van der Waals surface area contributed by atoms with E-state index < -0.39 is 51.2 Å². The van der Waals surface area contributed by atoms with Crippen molar-refractivity contribution in [2.45, 2.75) is 35.9 Å². The highest BCUT2D eigenvalue weighted by molar-refractivity contribution is 8.29. The molecule has 15 heteroatoms. The Morgan fingerprint density at radius 2 is 1.68 bits per heavy atom. The molecule has 0 saturated carbocycles. The Kier molecular flexibility index (Phi) is 15.0. The normalized spacial score (nSPS) is 13.4. The summed E-state index contributed by atoms with van der Waals surface area (Å²) in [6, 6.07) is -2.25. The van der Waals surface area contributed by atoms with Crippen molar-refractivity contribution in [2.75, 3.05) is 25.9 Å². The zero-order valence-electron chi connectivity index (χ0n) is 16.8. The SMILES string of the molecule is CNC(=O)C[C@H](SC(=O)CN)SC(=O)CNC(=O)[C@H](CS)NC(=O)CC[C@H](N)C(=O)O. The molecule has 0 unspecified atom stereocenters. The molecule has 176 valence electrons. The largest absolute Gasteiger partial charge is 0.480 e. The van der Waals surface area contributed by atoms with E-state index in [0.717, 1.165) is 23.5 Å². The van der Waals surface area contributed by atoms with E-state index in [-0.39, 0.29) is 37.5 Å². The molecule has 0 aromatic heterocycles. The molecule has 31 heavy (non-hydrogen) atoms. The maximum Gasteiger partial charge on any atom is 0.320 e. The Bertz CT molecular complexity index is 662.